The van der Waals surface area contributed by atoms with E-state index in [0.29, 0.717) is 23.9 Å². The fraction of sp³-hybridized carbons (Fsp3) is 0.267. The molecule has 5 heteroatoms. The van der Waals surface area contributed by atoms with Crippen LogP contribution >= 0.6 is 11.6 Å². The van der Waals surface area contributed by atoms with Gasteiger partial charge in [-0.3, -0.25) is 0 Å². The Morgan fingerprint density at radius 2 is 1.80 bits per heavy atom. The van der Waals surface area contributed by atoms with Gasteiger partial charge in [0.1, 0.15) is 0 Å². The number of aryl methyl sites for hydroxylation is 2. The third-order valence-corrected chi connectivity index (χ3v) is 3.27. The van der Waals surface area contributed by atoms with Crippen LogP contribution in [0, 0.1) is 25.2 Å². The lowest BCUT2D eigenvalue weighted by Crippen LogP contribution is -2.20. The Kier molecular flexibility index (Phi) is 4.54. The molecule has 0 N–H and O–H groups in total. The molecule has 0 radical (unpaired) electrons. The number of hydrogen-bond acceptors (Lipinski definition) is 4. The maximum atomic E-state index is 8.83. The molecular weight excluding hydrogens is 272 g/mol. The minimum Gasteiger partial charge on any atom is -0.323 e. The quantitative estimate of drug-likeness (QED) is 0.858. The first-order valence-corrected chi connectivity index (χ1v) is 6.71. The molecule has 0 aliphatic heterocycles. The predicted octanol–water partition coefficient (Wildman–Crippen LogP) is 3.80. The molecule has 0 fully saturated rings. The predicted molar refractivity (Wildman–Crippen MR) is 80.2 cm³/mol. The van der Waals surface area contributed by atoms with Gasteiger partial charge in [-0.2, -0.15) is 5.26 Å². The van der Waals surface area contributed by atoms with Crippen molar-refractivity contribution in [3.8, 4) is 6.07 Å². The molecule has 0 amide bonds. The molecule has 20 heavy (non-hydrogen) atoms. The van der Waals surface area contributed by atoms with Crippen LogP contribution in [0.4, 0.5) is 11.5 Å². The van der Waals surface area contributed by atoms with Crippen molar-refractivity contribution in [3.05, 3.63) is 46.9 Å². The molecule has 2 rings (SSSR count). The second-order valence-corrected chi connectivity index (χ2v) is 4.76. The van der Waals surface area contributed by atoms with E-state index in [-0.39, 0.29) is 0 Å². The van der Waals surface area contributed by atoms with Crippen molar-refractivity contribution < 1.29 is 0 Å². The second kappa shape index (κ2) is 6.36. The average Bonchev–Trinajstić information content (AvgIpc) is 2.45. The Bertz CT molecular complexity index is 634. The van der Waals surface area contributed by atoms with Crippen LogP contribution in [0.3, 0.4) is 0 Å². The number of hydrogen-bond donors (Lipinski definition) is 0. The van der Waals surface area contributed by atoms with E-state index >= 15 is 0 Å². The zero-order valence-corrected chi connectivity index (χ0v) is 12.2. The van der Waals surface area contributed by atoms with Crippen molar-refractivity contribution >= 4 is 23.1 Å². The van der Waals surface area contributed by atoms with Gasteiger partial charge < -0.3 is 4.90 Å². The van der Waals surface area contributed by atoms with Crippen LogP contribution in [0.25, 0.3) is 0 Å². The largest absolute Gasteiger partial charge is 0.323 e. The molecule has 0 bridgehead atoms. The van der Waals surface area contributed by atoms with Crippen LogP contribution in [-0.4, -0.2) is 16.5 Å². The van der Waals surface area contributed by atoms with E-state index in [1.165, 1.54) is 0 Å². The van der Waals surface area contributed by atoms with Crippen LogP contribution in [0.1, 0.15) is 17.8 Å². The number of benzene rings is 1. The third-order valence-electron chi connectivity index (χ3n) is 3.02. The summed E-state index contributed by atoms with van der Waals surface area (Å²) in [6.07, 6.45) is 0.389. The molecule has 0 unspecified atom stereocenters. The van der Waals surface area contributed by atoms with E-state index in [1.54, 1.807) is 0 Å². The molecule has 1 aromatic heterocycles. The fourth-order valence-electron chi connectivity index (χ4n) is 1.86. The zero-order valence-electron chi connectivity index (χ0n) is 11.5. The molecule has 0 aliphatic carbocycles. The summed E-state index contributed by atoms with van der Waals surface area (Å²) in [7, 11) is 0. The molecule has 0 saturated carbocycles. The van der Waals surface area contributed by atoms with E-state index in [9.17, 15) is 0 Å². The molecule has 1 aromatic carbocycles. The van der Waals surface area contributed by atoms with Crippen molar-refractivity contribution in [2.45, 2.75) is 20.3 Å². The first-order chi connectivity index (χ1) is 9.63. The molecule has 0 aliphatic rings. The van der Waals surface area contributed by atoms with Gasteiger partial charge in [0.15, 0.2) is 11.0 Å². The SMILES string of the molecule is Cc1nc(Cl)c(N(CCC#N)c2ccccc2)nc1C. The van der Waals surface area contributed by atoms with E-state index in [2.05, 4.69) is 16.0 Å². The van der Waals surface area contributed by atoms with Crippen molar-refractivity contribution in [2.24, 2.45) is 0 Å². The topological polar surface area (TPSA) is 52.8 Å². The molecule has 4 nitrogen and oxygen atoms in total. The zero-order chi connectivity index (χ0) is 14.5. The number of para-hydroxylation sites is 1. The molecule has 2 aromatic rings. The van der Waals surface area contributed by atoms with Crippen molar-refractivity contribution in [3.63, 3.8) is 0 Å². The maximum Gasteiger partial charge on any atom is 0.172 e. The fourth-order valence-corrected chi connectivity index (χ4v) is 2.13. The van der Waals surface area contributed by atoms with Crippen molar-refractivity contribution in [1.82, 2.24) is 9.97 Å². The Morgan fingerprint density at radius 3 is 2.45 bits per heavy atom. The smallest absolute Gasteiger partial charge is 0.172 e. The Balaban J connectivity index is 2.47. The lowest BCUT2D eigenvalue weighted by Gasteiger charge is -2.24. The van der Waals surface area contributed by atoms with Gasteiger partial charge in [-0.05, 0) is 26.0 Å². The lowest BCUT2D eigenvalue weighted by molar-refractivity contribution is 0.904. The number of nitrogens with zero attached hydrogens (tertiary/aromatic N) is 4. The average molecular weight is 287 g/mol. The Morgan fingerprint density at radius 1 is 1.15 bits per heavy atom. The first-order valence-electron chi connectivity index (χ1n) is 6.33. The van der Waals surface area contributed by atoms with Gasteiger partial charge in [0.25, 0.3) is 0 Å². The van der Waals surface area contributed by atoms with Gasteiger partial charge in [0.2, 0.25) is 0 Å². The Labute approximate surface area is 123 Å². The summed E-state index contributed by atoms with van der Waals surface area (Å²) in [5.74, 6) is 0.594. The maximum absolute atomic E-state index is 8.83. The lowest BCUT2D eigenvalue weighted by atomic mass is 10.2. The van der Waals surface area contributed by atoms with Crippen LogP contribution in [0.2, 0.25) is 5.15 Å². The summed E-state index contributed by atoms with van der Waals surface area (Å²) in [4.78, 5) is 10.8. The summed E-state index contributed by atoms with van der Waals surface area (Å²) in [5, 5.41) is 9.19. The highest BCUT2D eigenvalue weighted by Crippen LogP contribution is 2.29. The van der Waals surface area contributed by atoms with Gasteiger partial charge in [-0.1, -0.05) is 29.8 Å². The van der Waals surface area contributed by atoms with Gasteiger partial charge in [0, 0.05) is 12.2 Å². The van der Waals surface area contributed by atoms with E-state index in [1.807, 2.05) is 49.1 Å². The van der Waals surface area contributed by atoms with Crippen molar-refractivity contribution in [2.75, 3.05) is 11.4 Å². The third kappa shape index (κ3) is 3.06. The number of anilines is 2. The van der Waals surface area contributed by atoms with E-state index < -0.39 is 0 Å². The van der Waals surface area contributed by atoms with E-state index in [0.717, 1.165) is 17.1 Å². The molecule has 102 valence electrons. The number of nitriles is 1. The highest BCUT2D eigenvalue weighted by Gasteiger charge is 2.16. The Hall–Kier alpha value is -2.12. The molecule has 0 spiro atoms. The van der Waals surface area contributed by atoms with Crippen LogP contribution < -0.4 is 4.90 Å². The van der Waals surface area contributed by atoms with Crippen LogP contribution in [0.5, 0.6) is 0 Å². The number of aromatic nitrogens is 2. The van der Waals surface area contributed by atoms with E-state index in [4.69, 9.17) is 16.9 Å². The first kappa shape index (κ1) is 14.3. The van der Waals surface area contributed by atoms with Crippen LogP contribution in [-0.2, 0) is 0 Å². The summed E-state index contributed by atoms with van der Waals surface area (Å²) < 4.78 is 0. The second-order valence-electron chi connectivity index (χ2n) is 4.40. The number of rotatable bonds is 4. The van der Waals surface area contributed by atoms with Crippen molar-refractivity contribution in [1.29, 1.82) is 5.26 Å². The van der Waals surface area contributed by atoms with Crippen LogP contribution in [0.15, 0.2) is 30.3 Å². The molecule has 0 saturated heterocycles. The summed E-state index contributed by atoms with van der Waals surface area (Å²) in [6.45, 7) is 4.30. The minimum atomic E-state index is 0.356. The summed E-state index contributed by atoms with van der Waals surface area (Å²) in [6, 6.07) is 11.9. The van der Waals surface area contributed by atoms with Gasteiger partial charge in [-0.15, -0.1) is 0 Å². The summed E-state index contributed by atoms with van der Waals surface area (Å²) >= 11 is 6.23. The highest BCUT2D eigenvalue weighted by atomic mass is 35.5. The normalized spacial score (nSPS) is 10.1. The summed E-state index contributed by atoms with van der Waals surface area (Å²) in [5.41, 5.74) is 2.59. The standard InChI is InChI=1S/C15H15ClN4/c1-11-12(2)19-15(14(16)18-11)20(10-6-9-17)13-7-4-3-5-8-13/h3-5,7-8H,6,10H2,1-2H3. The highest BCUT2D eigenvalue weighted by molar-refractivity contribution is 6.31. The number of halogens is 1. The molecular formula is C15H15ClN4. The molecule has 0 atom stereocenters. The monoisotopic (exact) mass is 286 g/mol. The minimum absolute atomic E-state index is 0.356. The molecule has 1 heterocycles. The van der Waals surface area contributed by atoms with Gasteiger partial charge >= 0.3 is 0 Å². The van der Waals surface area contributed by atoms with Gasteiger partial charge in [0.05, 0.1) is 23.9 Å². The van der Waals surface area contributed by atoms with Gasteiger partial charge in [-0.25, -0.2) is 9.97 Å².